The molecule has 2 aliphatic heterocycles. The van der Waals surface area contributed by atoms with E-state index in [0.29, 0.717) is 36.9 Å². The van der Waals surface area contributed by atoms with Gasteiger partial charge in [-0.2, -0.15) is 0 Å². The summed E-state index contributed by atoms with van der Waals surface area (Å²) in [7, 11) is 3.76. The van der Waals surface area contributed by atoms with Crippen molar-refractivity contribution in [1.82, 2.24) is 15.1 Å². The molecule has 12 nitrogen and oxygen atoms in total. The number of carbonyl (C=O) groups excluding carboxylic acids is 2. The number of ether oxygens (including phenoxy) is 2. The van der Waals surface area contributed by atoms with Crippen molar-refractivity contribution in [3.05, 3.63) is 35.4 Å². The quantitative estimate of drug-likeness (QED) is 0.118. The van der Waals surface area contributed by atoms with Crippen molar-refractivity contribution in [2.24, 2.45) is 28.1 Å². The van der Waals surface area contributed by atoms with E-state index < -0.39 is 24.3 Å². The molecule has 212 valence electrons. The number of hydrogen-bond acceptors (Lipinski definition) is 8. The van der Waals surface area contributed by atoms with Gasteiger partial charge in [0.05, 0.1) is 6.04 Å². The molecule has 2 heterocycles. The SMILES string of the molecule is CN(CCNC(=O)[C@@H](N)CCCN=C(N)N)C(=O)Oc1ccc2c3c1O[C@H]1C(O)C=CC4[C@@H](C2)N(C)CC[C@@]341. The van der Waals surface area contributed by atoms with E-state index in [-0.39, 0.29) is 36.3 Å². The summed E-state index contributed by atoms with van der Waals surface area (Å²) in [5, 5.41) is 13.6. The lowest BCUT2D eigenvalue weighted by atomic mass is 9.53. The fourth-order valence-corrected chi connectivity index (χ4v) is 6.70. The number of nitrogens with zero attached hydrogens (tertiary/aromatic N) is 3. The Morgan fingerprint density at radius 3 is 2.92 bits per heavy atom. The van der Waals surface area contributed by atoms with Crippen LogP contribution in [0.1, 0.15) is 30.4 Å². The number of likely N-dealkylation sites (N-methyl/N-ethyl adjacent to an activating group) is 2. The van der Waals surface area contributed by atoms with E-state index in [9.17, 15) is 14.7 Å². The lowest BCUT2D eigenvalue weighted by molar-refractivity contribution is -0.122. The fraction of sp³-hybridized carbons (Fsp3) is 0.593. The zero-order valence-corrected chi connectivity index (χ0v) is 22.5. The zero-order valence-electron chi connectivity index (χ0n) is 22.5. The van der Waals surface area contributed by atoms with Gasteiger partial charge in [-0.3, -0.25) is 9.79 Å². The predicted octanol–water partition coefficient (Wildman–Crippen LogP) is -0.580. The predicted molar refractivity (Wildman–Crippen MR) is 145 cm³/mol. The van der Waals surface area contributed by atoms with E-state index in [4.69, 9.17) is 26.7 Å². The molecule has 2 bridgehead atoms. The maximum Gasteiger partial charge on any atom is 0.415 e. The first kappa shape index (κ1) is 27.2. The number of rotatable bonds is 9. The Hall–Kier alpha value is -3.35. The van der Waals surface area contributed by atoms with Gasteiger partial charge in [-0.05, 0) is 50.9 Å². The van der Waals surface area contributed by atoms with Crippen LogP contribution in [-0.4, -0.2) is 97.4 Å². The number of aliphatic imine (C=N–C) groups is 1. The van der Waals surface area contributed by atoms with Crippen LogP contribution in [-0.2, 0) is 16.6 Å². The van der Waals surface area contributed by atoms with Crippen LogP contribution in [0.5, 0.6) is 11.5 Å². The molecule has 0 aromatic heterocycles. The van der Waals surface area contributed by atoms with Crippen LogP contribution >= 0.6 is 0 Å². The second-order valence-corrected chi connectivity index (χ2v) is 11.0. The standard InChI is InChI=1S/C27H39N7O5/c1-33-12-9-27-16-6-7-19(35)23(27)39-22-20(8-5-15(21(22)27)14-18(16)33)38-26(37)34(2)13-11-31-24(36)17(28)4-3-10-32-25(29)30/h5-8,16-19,23,35H,3-4,9-14,28H2,1-2H3,(H,31,36)(H4,29,30,32)/t16?,17-,18+,19?,23-,27-/m0/s1. The lowest BCUT2D eigenvalue weighted by Gasteiger charge is -2.56. The Bertz CT molecular complexity index is 1190. The van der Waals surface area contributed by atoms with Gasteiger partial charge in [0.25, 0.3) is 0 Å². The number of aliphatic hydroxyl groups excluding tert-OH is 1. The summed E-state index contributed by atoms with van der Waals surface area (Å²) in [6.45, 7) is 1.78. The van der Waals surface area contributed by atoms with Crippen molar-refractivity contribution in [1.29, 1.82) is 0 Å². The lowest BCUT2D eigenvalue weighted by Crippen LogP contribution is -2.64. The highest BCUT2D eigenvalue weighted by molar-refractivity contribution is 5.81. The molecule has 8 N–H and O–H groups in total. The van der Waals surface area contributed by atoms with Crippen LogP contribution in [0.2, 0.25) is 0 Å². The third-order valence-corrected chi connectivity index (χ3v) is 8.69. The second kappa shape index (κ2) is 10.7. The summed E-state index contributed by atoms with van der Waals surface area (Å²) in [5.74, 6) is 0.844. The number of amides is 2. The van der Waals surface area contributed by atoms with Crippen molar-refractivity contribution in [3.8, 4) is 11.5 Å². The van der Waals surface area contributed by atoms with E-state index in [1.807, 2.05) is 12.1 Å². The fourth-order valence-electron chi connectivity index (χ4n) is 6.70. The average molecular weight is 542 g/mol. The Labute approximate surface area is 228 Å². The van der Waals surface area contributed by atoms with Crippen LogP contribution in [0.3, 0.4) is 0 Å². The number of piperidine rings is 1. The van der Waals surface area contributed by atoms with E-state index in [0.717, 1.165) is 24.9 Å². The highest BCUT2D eigenvalue weighted by atomic mass is 16.6. The molecule has 1 aromatic rings. The maximum absolute atomic E-state index is 13.0. The van der Waals surface area contributed by atoms with Crippen LogP contribution in [0.15, 0.2) is 29.3 Å². The van der Waals surface area contributed by atoms with E-state index >= 15 is 0 Å². The molecular formula is C27H39N7O5. The average Bonchev–Trinajstić information content (AvgIpc) is 3.26. The zero-order chi connectivity index (χ0) is 27.9. The van der Waals surface area contributed by atoms with Gasteiger partial charge in [0.15, 0.2) is 17.5 Å². The summed E-state index contributed by atoms with van der Waals surface area (Å²) < 4.78 is 12.2. The molecule has 39 heavy (non-hydrogen) atoms. The Balaban J connectivity index is 1.21. The topological polar surface area (TPSA) is 182 Å². The smallest absolute Gasteiger partial charge is 0.415 e. The monoisotopic (exact) mass is 541 g/mol. The van der Waals surface area contributed by atoms with Gasteiger partial charge in [0, 0.05) is 49.6 Å². The molecule has 2 amide bonds. The van der Waals surface area contributed by atoms with Crippen LogP contribution in [0.25, 0.3) is 0 Å². The number of guanidine groups is 1. The third kappa shape index (κ3) is 4.81. The van der Waals surface area contributed by atoms with Crippen LogP contribution in [0, 0.1) is 5.92 Å². The minimum Gasteiger partial charge on any atom is -0.482 e. The van der Waals surface area contributed by atoms with Gasteiger partial charge in [0.1, 0.15) is 12.2 Å². The molecule has 5 rings (SSSR count). The molecule has 2 unspecified atom stereocenters. The molecule has 4 aliphatic rings. The van der Waals surface area contributed by atoms with Gasteiger partial charge < -0.3 is 46.9 Å². The molecule has 12 heteroatoms. The third-order valence-electron chi connectivity index (χ3n) is 8.69. The van der Waals surface area contributed by atoms with Gasteiger partial charge in [-0.1, -0.05) is 18.2 Å². The Morgan fingerprint density at radius 2 is 2.15 bits per heavy atom. The molecule has 0 radical (unpaired) electrons. The first-order chi connectivity index (χ1) is 18.6. The minimum atomic E-state index is -0.726. The van der Waals surface area contributed by atoms with E-state index in [1.165, 1.54) is 10.5 Å². The number of carbonyl (C=O) groups is 2. The molecule has 1 aromatic carbocycles. The maximum atomic E-state index is 13.0. The van der Waals surface area contributed by atoms with E-state index in [1.54, 1.807) is 13.1 Å². The summed E-state index contributed by atoms with van der Waals surface area (Å²) in [4.78, 5) is 32.9. The molecule has 1 saturated heterocycles. The van der Waals surface area contributed by atoms with Crippen molar-refractivity contribution in [3.63, 3.8) is 0 Å². The minimum absolute atomic E-state index is 0.00548. The molecule has 1 fully saturated rings. The number of benzene rings is 1. The summed E-state index contributed by atoms with van der Waals surface area (Å²) >= 11 is 0. The number of nitrogens with two attached hydrogens (primary N) is 3. The van der Waals surface area contributed by atoms with Gasteiger partial charge in [-0.25, -0.2) is 4.79 Å². The summed E-state index contributed by atoms with van der Waals surface area (Å²) in [6.07, 6.45) is 5.07. The number of nitrogens with one attached hydrogen (secondary N) is 1. The first-order valence-corrected chi connectivity index (χ1v) is 13.5. The number of hydrogen-bond donors (Lipinski definition) is 5. The second-order valence-electron chi connectivity index (χ2n) is 11.0. The van der Waals surface area contributed by atoms with Crippen LogP contribution < -0.4 is 32.0 Å². The van der Waals surface area contributed by atoms with Gasteiger partial charge >= 0.3 is 6.09 Å². The summed E-state index contributed by atoms with van der Waals surface area (Å²) in [5.41, 5.74) is 18.4. The van der Waals surface area contributed by atoms with Crippen molar-refractivity contribution >= 4 is 18.0 Å². The molecular weight excluding hydrogens is 502 g/mol. The summed E-state index contributed by atoms with van der Waals surface area (Å²) in [6, 6.07) is 3.46. The molecule has 0 saturated carbocycles. The molecule has 6 atom stereocenters. The Kier molecular flexibility index (Phi) is 7.45. The van der Waals surface area contributed by atoms with E-state index in [2.05, 4.69) is 28.3 Å². The highest BCUT2D eigenvalue weighted by Crippen LogP contribution is 2.62. The van der Waals surface area contributed by atoms with Gasteiger partial charge in [0.2, 0.25) is 5.91 Å². The number of aliphatic hydroxyl groups is 1. The first-order valence-electron chi connectivity index (χ1n) is 13.5. The van der Waals surface area contributed by atoms with Crippen molar-refractivity contribution in [2.45, 2.75) is 55.4 Å². The highest BCUT2D eigenvalue weighted by Gasteiger charge is 2.64. The molecule has 2 aliphatic carbocycles. The normalized spacial score (nSPS) is 28.6. The van der Waals surface area contributed by atoms with Crippen molar-refractivity contribution in [2.75, 3.05) is 40.3 Å². The van der Waals surface area contributed by atoms with Gasteiger partial charge in [-0.15, -0.1) is 0 Å². The molecule has 1 spiro atoms. The van der Waals surface area contributed by atoms with Crippen molar-refractivity contribution < 1.29 is 24.2 Å². The number of likely N-dealkylation sites (tertiary alicyclic amines) is 1. The largest absolute Gasteiger partial charge is 0.482 e. The Morgan fingerprint density at radius 1 is 1.36 bits per heavy atom. The van der Waals surface area contributed by atoms with Crippen LogP contribution in [0.4, 0.5) is 4.79 Å².